The largest absolute Gasteiger partial charge is 0.278 e. The normalized spacial score (nSPS) is 10.9. The Labute approximate surface area is 137 Å². The summed E-state index contributed by atoms with van der Waals surface area (Å²) < 4.78 is 0. The summed E-state index contributed by atoms with van der Waals surface area (Å²) in [6, 6.07) is 25.1. The Kier molecular flexibility index (Phi) is 4.53. The van der Waals surface area contributed by atoms with Gasteiger partial charge in [0.25, 0.3) is 0 Å². The first-order valence-electron chi connectivity index (χ1n) is 7.74. The van der Waals surface area contributed by atoms with E-state index in [1.54, 1.807) is 0 Å². The summed E-state index contributed by atoms with van der Waals surface area (Å²) in [5, 5.41) is 4.33. The van der Waals surface area contributed by atoms with E-state index in [1.807, 2.05) is 12.3 Å². The molecule has 0 radical (unpaired) electrons. The lowest BCUT2D eigenvalue weighted by Gasteiger charge is -2.05. The predicted octanol–water partition coefficient (Wildman–Crippen LogP) is 5.42. The molecular formula is C21H20N2. The second-order valence-electron chi connectivity index (χ2n) is 5.68. The fourth-order valence-electron chi connectivity index (χ4n) is 2.51. The van der Waals surface area contributed by atoms with Crippen molar-refractivity contribution >= 4 is 11.9 Å². The van der Waals surface area contributed by atoms with Crippen molar-refractivity contribution in [3.8, 4) is 11.1 Å². The number of nitrogens with one attached hydrogen (secondary N) is 1. The fourth-order valence-corrected chi connectivity index (χ4v) is 2.51. The van der Waals surface area contributed by atoms with Crippen LogP contribution >= 0.6 is 0 Å². The molecule has 0 aliphatic rings. The molecule has 0 atom stereocenters. The van der Waals surface area contributed by atoms with Crippen LogP contribution in [0.1, 0.15) is 16.7 Å². The van der Waals surface area contributed by atoms with Gasteiger partial charge in [-0.2, -0.15) is 5.10 Å². The number of hydrogen-bond donors (Lipinski definition) is 1. The number of aryl methyl sites for hydroxylation is 2. The minimum atomic E-state index is 1.03. The second-order valence-corrected chi connectivity index (χ2v) is 5.68. The number of hydrazone groups is 1. The van der Waals surface area contributed by atoms with Gasteiger partial charge in [0, 0.05) is 0 Å². The molecule has 2 nitrogen and oxygen atoms in total. The maximum Gasteiger partial charge on any atom is 0.0591 e. The van der Waals surface area contributed by atoms with Gasteiger partial charge in [0.05, 0.1) is 11.9 Å². The molecule has 114 valence electrons. The van der Waals surface area contributed by atoms with Crippen molar-refractivity contribution < 1.29 is 0 Å². The number of anilines is 1. The van der Waals surface area contributed by atoms with Crippen molar-refractivity contribution in [3.05, 3.63) is 89.5 Å². The van der Waals surface area contributed by atoms with Gasteiger partial charge in [-0.05, 0) is 42.2 Å². The number of nitrogens with zero attached hydrogens (tertiary/aromatic N) is 1. The monoisotopic (exact) mass is 300 g/mol. The number of hydrogen-bond acceptors (Lipinski definition) is 2. The molecule has 3 aromatic rings. The third-order valence-electron chi connectivity index (χ3n) is 3.80. The molecule has 0 aliphatic heterocycles. The molecular weight excluding hydrogens is 280 g/mol. The molecule has 3 aromatic carbocycles. The van der Waals surface area contributed by atoms with Gasteiger partial charge < -0.3 is 0 Å². The van der Waals surface area contributed by atoms with Gasteiger partial charge in [-0.3, -0.25) is 5.43 Å². The maximum atomic E-state index is 4.33. The predicted molar refractivity (Wildman–Crippen MR) is 99.0 cm³/mol. The van der Waals surface area contributed by atoms with E-state index in [-0.39, 0.29) is 0 Å². The summed E-state index contributed by atoms with van der Waals surface area (Å²) in [7, 11) is 0. The van der Waals surface area contributed by atoms with Crippen LogP contribution in [-0.2, 0) is 0 Å². The molecule has 0 saturated heterocycles. The molecule has 0 spiro atoms. The van der Waals surface area contributed by atoms with Gasteiger partial charge in [0.1, 0.15) is 0 Å². The van der Waals surface area contributed by atoms with Gasteiger partial charge in [-0.1, -0.05) is 72.3 Å². The van der Waals surface area contributed by atoms with Crippen molar-refractivity contribution in [2.45, 2.75) is 13.8 Å². The van der Waals surface area contributed by atoms with Crippen LogP contribution in [-0.4, -0.2) is 6.21 Å². The van der Waals surface area contributed by atoms with Crippen LogP contribution in [0.25, 0.3) is 11.1 Å². The lowest BCUT2D eigenvalue weighted by Crippen LogP contribution is -1.93. The summed E-state index contributed by atoms with van der Waals surface area (Å²) in [4.78, 5) is 0. The maximum absolute atomic E-state index is 4.33. The average molecular weight is 300 g/mol. The summed E-state index contributed by atoms with van der Waals surface area (Å²) >= 11 is 0. The van der Waals surface area contributed by atoms with Crippen LogP contribution in [0.3, 0.4) is 0 Å². The molecule has 0 unspecified atom stereocenters. The van der Waals surface area contributed by atoms with Crippen molar-refractivity contribution in [3.63, 3.8) is 0 Å². The molecule has 0 aromatic heterocycles. The van der Waals surface area contributed by atoms with E-state index < -0.39 is 0 Å². The van der Waals surface area contributed by atoms with E-state index in [4.69, 9.17) is 0 Å². The Hall–Kier alpha value is -2.87. The second kappa shape index (κ2) is 6.93. The van der Waals surface area contributed by atoms with Crippen molar-refractivity contribution in [1.82, 2.24) is 0 Å². The van der Waals surface area contributed by atoms with E-state index in [0.717, 1.165) is 11.3 Å². The lowest BCUT2D eigenvalue weighted by atomic mass is 10.0. The quantitative estimate of drug-likeness (QED) is 0.505. The third-order valence-corrected chi connectivity index (χ3v) is 3.80. The van der Waals surface area contributed by atoms with Crippen LogP contribution in [0.2, 0.25) is 0 Å². The highest BCUT2D eigenvalue weighted by Gasteiger charge is 1.97. The van der Waals surface area contributed by atoms with Crippen LogP contribution in [0.5, 0.6) is 0 Å². The van der Waals surface area contributed by atoms with E-state index >= 15 is 0 Å². The molecule has 0 heterocycles. The minimum Gasteiger partial charge on any atom is -0.278 e. The Bertz CT molecular complexity index is 803. The molecule has 3 rings (SSSR count). The Morgan fingerprint density at radius 1 is 0.783 bits per heavy atom. The van der Waals surface area contributed by atoms with E-state index in [1.165, 1.54) is 22.3 Å². The summed E-state index contributed by atoms with van der Waals surface area (Å²) in [6.07, 6.45) is 1.84. The van der Waals surface area contributed by atoms with Crippen molar-refractivity contribution in [2.24, 2.45) is 5.10 Å². The van der Waals surface area contributed by atoms with E-state index in [9.17, 15) is 0 Å². The van der Waals surface area contributed by atoms with Crippen LogP contribution < -0.4 is 5.43 Å². The topological polar surface area (TPSA) is 24.4 Å². The summed E-state index contributed by atoms with van der Waals surface area (Å²) in [6.45, 7) is 4.17. The first-order chi connectivity index (χ1) is 11.2. The Morgan fingerprint density at radius 3 is 2.17 bits per heavy atom. The number of rotatable bonds is 4. The van der Waals surface area contributed by atoms with Crippen LogP contribution in [0.15, 0.2) is 77.9 Å². The SMILES string of the molecule is Cc1ccc(N/N=C/c2ccc(-c3ccccc3)cc2)c(C)c1. The third kappa shape index (κ3) is 3.86. The average Bonchev–Trinajstić information content (AvgIpc) is 2.58. The summed E-state index contributed by atoms with van der Waals surface area (Å²) in [5.41, 5.74) is 10.1. The first kappa shape index (κ1) is 15.0. The molecule has 1 N–H and O–H groups in total. The fraction of sp³-hybridized carbons (Fsp3) is 0.0952. The lowest BCUT2D eigenvalue weighted by molar-refractivity contribution is 1.29. The minimum absolute atomic E-state index is 1.03. The molecule has 0 aliphatic carbocycles. The van der Waals surface area contributed by atoms with E-state index in [0.29, 0.717) is 0 Å². The molecule has 2 heteroatoms. The first-order valence-corrected chi connectivity index (χ1v) is 7.74. The van der Waals surface area contributed by atoms with Gasteiger partial charge >= 0.3 is 0 Å². The Balaban J connectivity index is 1.68. The smallest absolute Gasteiger partial charge is 0.0591 e. The van der Waals surface area contributed by atoms with Gasteiger partial charge in [-0.15, -0.1) is 0 Å². The molecule has 23 heavy (non-hydrogen) atoms. The van der Waals surface area contributed by atoms with Crippen molar-refractivity contribution in [2.75, 3.05) is 5.43 Å². The van der Waals surface area contributed by atoms with Gasteiger partial charge in [0.2, 0.25) is 0 Å². The zero-order valence-electron chi connectivity index (χ0n) is 13.5. The highest BCUT2D eigenvalue weighted by atomic mass is 15.3. The zero-order chi connectivity index (χ0) is 16.1. The molecule has 0 amide bonds. The standard InChI is InChI=1S/C21H20N2/c1-16-8-13-21(17(2)14-16)23-22-15-18-9-11-20(12-10-18)19-6-4-3-5-7-19/h3-15,23H,1-2H3/b22-15+. The number of benzene rings is 3. The van der Waals surface area contributed by atoms with Crippen LogP contribution in [0, 0.1) is 13.8 Å². The highest BCUT2D eigenvalue weighted by molar-refractivity contribution is 5.81. The molecule has 0 saturated carbocycles. The van der Waals surface area contributed by atoms with E-state index in [2.05, 4.69) is 91.1 Å². The van der Waals surface area contributed by atoms with Crippen molar-refractivity contribution in [1.29, 1.82) is 0 Å². The van der Waals surface area contributed by atoms with Gasteiger partial charge in [-0.25, -0.2) is 0 Å². The molecule has 0 fully saturated rings. The highest BCUT2D eigenvalue weighted by Crippen LogP contribution is 2.19. The zero-order valence-corrected chi connectivity index (χ0v) is 13.5. The van der Waals surface area contributed by atoms with Gasteiger partial charge in [0.15, 0.2) is 0 Å². The Morgan fingerprint density at radius 2 is 1.48 bits per heavy atom. The van der Waals surface area contributed by atoms with Crippen LogP contribution in [0.4, 0.5) is 5.69 Å². The summed E-state index contributed by atoms with van der Waals surface area (Å²) in [5.74, 6) is 0. The molecule has 0 bridgehead atoms.